The van der Waals surface area contributed by atoms with Crippen LogP contribution in [0, 0.1) is 0 Å². The van der Waals surface area contributed by atoms with E-state index in [1.165, 1.54) is 11.3 Å². The van der Waals surface area contributed by atoms with Gasteiger partial charge in [-0.25, -0.2) is 0 Å². The topological polar surface area (TPSA) is 57.8 Å². The SMILES string of the molecule is O=c1[nH]c(CNCc2cncc(Br)c2)cs1. The lowest BCUT2D eigenvalue weighted by Gasteiger charge is -2.03. The van der Waals surface area contributed by atoms with Gasteiger partial charge < -0.3 is 10.3 Å². The Morgan fingerprint density at radius 2 is 2.31 bits per heavy atom. The lowest BCUT2D eigenvalue weighted by molar-refractivity contribution is 0.679. The Kier molecular flexibility index (Phi) is 3.87. The molecule has 0 spiro atoms. The Balaban J connectivity index is 1.86. The fourth-order valence-corrected chi connectivity index (χ4v) is 2.29. The number of H-pyrrole nitrogens is 1. The van der Waals surface area contributed by atoms with E-state index in [0.29, 0.717) is 6.54 Å². The molecule has 0 aromatic carbocycles. The molecule has 0 amide bonds. The third-order valence-corrected chi connectivity index (χ3v) is 3.13. The van der Waals surface area contributed by atoms with Gasteiger partial charge in [0.25, 0.3) is 0 Å². The quantitative estimate of drug-likeness (QED) is 0.906. The smallest absolute Gasteiger partial charge is 0.304 e. The van der Waals surface area contributed by atoms with Gasteiger partial charge in [-0.2, -0.15) is 0 Å². The second kappa shape index (κ2) is 5.38. The molecule has 0 saturated carbocycles. The van der Waals surface area contributed by atoms with Crippen molar-refractivity contribution in [2.75, 3.05) is 0 Å². The average molecular weight is 300 g/mol. The first-order chi connectivity index (χ1) is 7.74. The van der Waals surface area contributed by atoms with E-state index in [2.05, 4.69) is 31.2 Å². The van der Waals surface area contributed by atoms with Crippen LogP contribution in [0.5, 0.6) is 0 Å². The van der Waals surface area contributed by atoms with Gasteiger partial charge in [-0.15, -0.1) is 0 Å². The number of nitrogens with zero attached hydrogens (tertiary/aromatic N) is 1. The van der Waals surface area contributed by atoms with Crippen molar-refractivity contribution < 1.29 is 0 Å². The van der Waals surface area contributed by atoms with E-state index in [0.717, 1.165) is 22.3 Å². The zero-order valence-corrected chi connectivity index (χ0v) is 10.8. The van der Waals surface area contributed by atoms with Crippen LogP contribution in [0.2, 0.25) is 0 Å². The van der Waals surface area contributed by atoms with Gasteiger partial charge in [-0.1, -0.05) is 11.3 Å². The summed E-state index contributed by atoms with van der Waals surface area (Å²) in [7, 11) is 0. The molecule has 0 radical (unpaired) electrons. The maximum atomic E-state index is 10.9. The van der Waals surface area contributed by atoms with Gasteiger partial charge >= 0.3 is 4.87 Å². The largest absolute Gasteiger partial charge is 0.315 e. The number of halogens is 1. The van der Waals surface area contributed by atoms with Crippen LogP contribution in [-0.2, 0) is 13.1 Å². The number of thiazole rings is 1. The molecule has 0 aliphatic heterocycles. The molecule has 2 N–H and O–H groups in total. The lowest BCUT2D eigenvalue weighted by atomic mass is 10.3. The molecule has 0 aliphatic carbocycles. The van der Waals surface area contributed by atoms with Gasteiger partial charge in [0.05, 0.1) is 0 Å². The van der Waals surface area contributed by atoms with E-state index < -0.39 is 0 Å². The van der Waals surface area contributed by atoms with Crippen molar-refractivity contribution in [3.63, 3.8) is 0 Å². The number of aromatic nitrogens is 2. The van der Waals surface area contributed by atoms with Crippen molar-refractivity contribution in [1.29, 1.82) is 0 Å². The van der Waals surface area contributed by atoms with E-state index >= 15 is 0 Å². The van der Waals surface area contributed by atoms with Gasteiger partial charge in [0.1, 0.15) is 0 Å². The van der Waals surface area contributed by atoms with Crippen molar-refractivity contribution in [1.82, 2.24) is 15.3 Å². The molecule has 0 aliphatic rings. The van der Waals surface area contributed by atoms with Crippen molar-refractivity contribution in [3.05, 3.63) is 49.2 Å². The van der Waals surface area contributed by atoms with Crippen molar-refractivity contribution in [3.8, 4) is 0 Å². The Hall–Kier alpha value is -0.980. The number of hydrogen-bond acceptors (Lipinski definition) is 4. The number of hydrogen-bond donors (Lipinski definition) is 2. The van der Waals surface area contributed by atoms with E-state index in [4.69, 9.17) is 0 Å². The summed E-state index contributed by atoms with van der Waals surface area (Å²) in [6.45, 7) is 1.38. The summed E-state index contributed by atoms with van der Waals surface area (Å²) >= 11 is 4.55. The second-order valence-corrected chi connectivity index (χ2v) is 5.05. The Morgan fingerprint density at radius 3 is 3.00 bits per heavy atom. The summed E-state index contributed by atoms with van der Waals surface area (Å²) in [6.07, 6.45) is 3.56. The van der Waals surface area contributed by atoms with E-state index in [1.54, 1.807) is 6.20 Å². The molecule has 0 fully saturated rings. The summed E-state index contributed by atoms with van der Waals surface area (Å²) in [5.74, 6) is 0. The maximum absolute atomic E-state index is 10.9. The first-order valence-corrected chi connectivity index (χ1v) is 6.38. The fraction of sp³-hybridized carbons (Fsp3) is 0.200. The summed E-state index contributed by atoms with van der Waals surface area (Å²) in [4.78, 5) is 17.7. The van der Waals surface area contributed by atoms with Crippen molar-refractivity contribution in [2.24, 2.45) is 0 Å². The monoisotopic (exact) mass is 299 g/mol. The molecule has 0 atom stereocenters. The number of rotatable bonds is 4. The molecule has 84 valence electrons. The van der Waals surface area contributed by atoms with Crippen molar-refractivity contribution in [2.45, 2.75) is 13.1 Å². The fourth-order valence-electron chi connectivity index (χ4n) is 1.29. The van der Waals surface area contributed by atoms with E-state index in [-0.39, 0.29) is 4.87 Å². The Labute approximate surface area is 105 Å². The Morgan fingerprint density at radius 1 is 1.44 bits per heavy atom. The summed E-state index contributed by atoms with van der Waals surface area (Å²) in [5, 5.41) is 5.06. The molecule has 0 bridgehead atoms. The predicted octanol–water partition coefficient (Wildman–Crippen LogP) is 1.88. The molecule has 16 heavy (non-hydrogen) atoms. The Bertz CT molecular complexity index is 523. The second-order valence-electron chi connectivity index (χ2n) is 3.29. The number of nitrogens with one attached hydrogen (secondary N) is 2. The van der Waals surface area contributed by atoms with Crippen LogP contribution >= 0.6 is 27.3 Å². The number of pyridine rings is 1. The zero-order chi connectivity index (χ0) is 11.4. The normalized spacial score (nSPS) is 10.6. The van der Waals surface area contributed by atoms with Gasteiger partial charge in [0.15, 0.2) is 0 Å². The highest BCUT2D eigenvalue weighted by Crippen LogP contribution is 2.09. The van der Waals surface area contributed by atoms with E-state index in [1.807, 2.05) is 17.6 Å². The highest BCUT2D eigenvalue weighted by Gasteiger charge is 1.97. The molecule has 2 aromatic rings. The third kappa shape index (κ3) is 3.26. The van der Waals surface area contributed by atoms with Gasteiger partial charge in [0, 0.05) is 41.0 Å². The van der Waals surface area contributed by atoms with Crippen LogP contribution in [0.1, 0.15) is 11.3 Å². The highest BCUT2D eigenvalue weighted by atomic mass is 79.9. The minimum Gasteiger partial charge on any atom is -0.315 e. The molecule has 2 aromatic heterocycles. The first-order valence-electron chi connectivity index (χ1n) is 4.71. The van der Waals surface area contributed by atoms with Crippen LogP contribution < -0.4 is 10.2 Å². The summed E-state index contributed by atoms with van der Waals surface area (Å²) in [5.41, 5.74) is 2.02. The standard InChI is InChI=1S/C10H10BrN3OS/c11-8-1-7(2-12-4-8)3-13-5-9-6-16-10(15)14-9/h1-2,4,6,13H,3,5H2,(H,14,15). The minimum absolute atomic E-state index is 0.0130. The van der Waals surface area contributed by atoms with Crippen LogP contribution in [0.25, 0.3) is 0 Å². The summed E-state index contributed by atoms with van der Waals surface area (Å²) in [6, 6.07) is 2.01. The summed E-state index contributed by atoms with van der Waals surface area (Å²) < 4.78 is 0.968. The average Bonchev–Trinajstić information content (AvgIpc) is 2.64. The zero-order valence-electron chi connectivity index (χ0n) is 8.37. The van der Waals surface area contributed by atoms with Gasteiger partial charge in [-0.05, 0) is 27.6 Å². The predicted molar refractivity (Wildman–Crippen MR) is 67.4 cm³/mol. The number of aromatic amines is 1. The van der Waals surface area contributed by atoms with Crippen LogP contribution in [-0.4, -0.2) is 9.97 Å². The first kappa shape index (κ1) is 11.5. The maximum Gasteiger partial charge on any atom is 0.304 e. The third-order valence-electron chi connectivity index (χ3n) is 1.98. The lowest BCUT2D eigenvalue weighted by Crippen LogP contribution is -2.13. The molecule has 4 nitrogen and oxygen atoms in total. The molecule has 0 saturated heterocycles. The molecular formula is C10H10BrN3OS. The van der Waals surface area contributed by atoms with Crippen molar-refractivity contribution >= 4 is 27.3 Å². The van der Waals surface area contributed by atoms with E-state index in [9.17, 15) is 4.79 Å². The van der Waals surface area contributed by atoms with Crippen LogP contribution in [0.3, 0.4) is 0 Å². The molecule has 2 heterocycles. The molecule has 6 heteroatoms. The van der Waals surface area contributed by atoms with Gasteiger partial charge in [0.2, 0.25) is 0 Å². The molecule has 2 rings (SSSR count). The highest BCUT2D eigenvalue weighted by molar-refractivity contribution is 9.10. The van der Waals surface area contributed by atoms with Gasteiger partial charge in [-0.3, -0.25) is 9.78 Å². The van der Waals surface area contributed by atoms with Crippen LogP contribution in [0.4, 0.5) is 0 Å². The molecular weight excluding hydrogens is 290 g/mol. The van der Waals surface area contributed by atoms with Crippen LogP contribution in [0.15, 0.2) is 33.1 Å². The minimum atomic E-state index is -0.0130. The molecule has 0 unspecified atom stereocenters.